The second-order valence-electron chi connectivity index (χ2n) is 6.50. The third-order valence-electron chi connectivity index (χ3n) is 4.39. The molecule has 0 bridgehead atoms. The molecule has 144 valence electrons. The number of amides is 1. The Hall–Kier alpha value is -3.17. The summed E-state index contributed by atoms with van der Waals surface area (Å²) in [6.45, 7) is 1.45. The van der Waals surface area contributed by atoms with Crippen LogP contribution in [0.1, 0.15) is 24.0 Å². The fraction of sp³-hybridized carbons (Fsp3) is 0.273. The first-order valence-corrected chi connectivity index (χ1v) is 9.13. The van der Waals surface area contributed by atoms with Crippen LogP contribution >= 0.6 is 0 Å². The maximum Gasteiger partial charge on any atom is 0.262 e. The van der Waals surface area contributed by atoms with Gasteiger partial charge in [0.1, 0.15) is 29.8 Å². The minimum atomic E-state index is -0.408. The molecule has 1 heterocycles. The van der Waals surface area contributed by atoms with E-state index in [1.807, 2.05) is 6.07 Å². The molecule has 6 heteroatoms. The number of benzene rings is 2. The van der Waals surface area contributed by atoms with Gasteiger partial charge in [0.15, 0.2) is 0 Å². The summed E-state index contributed by atoms with van der Waals surface area (Å²) < 4.78 is 24.0. The molecule has 0 unspecified atom stereocenters. The van der Waals surface area contributed by atoms with Crippen LogP contribution in [0, 0.1) is 17.1 Å². The summed E-state index contributed by atoms with van der Waals surface area (Å²) in [5.41, 5.74) is 1.62. The van der Waals surface area contributed by atoms with E-state index in [1.54, 1.807) is 36.4 Å². The van der Waals surface area contributed by atoms with Gasteiger partial charge in [0.05, 0.1) is 6.10 Å². The van der Waals surface area contributed by atoms with E-state index in [0.717, 1.165) is 30.6 Å². The maximum absolute atomic E-state index is 12.9. The summed E-state index contributed by atoms with van der Waals surface area (Å²) in [4.78, 5) is 12.2. The second-order valence-corrected chi connectivity index (χ2v) is 6.50. The molecule has 1 fully saturated rings. The molecule has 1 aliphatic rings. The van der Waals surface area contributed by atoms with Crippen molar-refractivity contribution in [3.63, 3.8) is 0 Å². The Kier molecular flexibility index (Phi) is 6.77. The molecule has 2 aromatic rings. The van der Waals surface area contributed by atoms with Gasteiger partial charge in [0.25, 0.3) is 5.91 Å². The fourth-order valence-corrected chi connectivity index (χ4v) is 2.83. The third-order valence-corrected chi connectivity index (χ3v) is 4.39. The van der Waals surface area contributed by atoms with Gasteiger partial charge in [-0.1, -0.05) is 24.3 Å². The van der Waals surface area contributed by atoms with Gasteiger partial charge in [-0.05, 0) is 54.3 Å². The van der Waals surface area contributed by atoms with Crippen molar-refractivity contribution in [3.8, 4) is 11.8 Å². The Balaban J connectivity index is 1.55. The van der Waals surface area contributed by atoms with Crippen molar-refractivity contribution >= 4 is 12.0 Å². The highest BCUT2D eigenvalue weighted by Crippen LogP contribution is 2.17. The predicted molar refractivity (Wildman–Crippen MR) is 103 cm³/mol. The Morgan fingerprint density at radius 3 is 2.64 bits per heavy atom. The van der Waals surface area contributed by atoms with Gasteiger partial charge in [0.2, 0.25) is 0 Å². The molecule has 0 radical (unpaired) electrons. The lowest BCUT2D eigenvalue weighted by atomic mass is 10.1. The van der Waals surface area contributed by atoms with E-state index in [9.17, 15) is 14.4 Å². The molecule has 1 N–H and O–H groups in total. The molecule has 5 nitrogen and oxygen atoms in total. The highest BCUT2D eigenvalue weighted by Gasteiger charge is 2.17. The molecule has 2 aromatic carbocycles. The predicted octanol–water partition coefficient (Wildman–Crippen LogP) is 3.61. The zero-order chi connectivity index (χ0) is 19.8. The smallest absolute Gasteiger partial charge is 0.262 e. The lowest BCUT2D eigenvalue weighted by molar-refractivity contribution is -0.117. The van der Waals surface area contributed by atoms with Crippen LogP contribution in [0.3, 0.4) is 0 Å². The molecule has 0 spiro atoms. The number of hydrogen-bond donors (Lipinski definition) is 1. The van der Waals surface area contributed by atoms with E-state index in [0.29, 0.717) is 18.9 Å². The first-order chi connectivity index (χ1) is 13.6. The number of carbonyl (C=O) groups excluding carboxylic acids is 1. The summed E-state index contributed by atoms with van der Waals surface area (Å²) >= 11 is 0. The average Bonchev–Trinajstić information content (AvgIpc) is 3.24. The first-order valence-electron chi connectivity index (χ1n) is 9.13. The Morgan fingerprint density at radius 2 is 2.00 bits per heavy atom. The first kappa shape index (κ1) is 19.6. The average molecular weight is 380 g/mol. The minimum Gasteiger partial charge on any atom is -0.489 e. The molecule has 1 amide bonds. The number of nitrogens with zero attached hydrogens (tertiary/aromatic N) is 1. The van der Waals surface area contributed by atoms with E-state index in [-0.39, 0.29) is 17.5 Å². The highest BCUT2D eigenvalue weighted by atomic mass is 19.1. The largest absolute Gasteiger partial charge is 0.489 e. The summed E-state index contributed by atoms with van der Waals surface area (Å²) in [6.07, 6.45) is 3.48. The lowest BCUT2D eigenvalue weighted by Gasteiger charge is -2.10. The molecule has 0 saturated carbocycles. The van der Waals surface area contributed by atoms with Crippen molar-refractivity contribution in [2.24, 2.45) is 0 Å². The Morgan fingerprint density at radius 1 is 1.25 bits per heavy atom. The van der Waals surface area contributed by atoms with E-state index in [1.165, 1.54) is 18.2 Å². The van der Waals surface area contributed by atoms with Gasteiger partial charge in [-0.3, -0.25) is 4.79 Å². The number of hydrogen-bond acceptors (Lipinski definition) is 4. The topological polar surface area (TPSA) is 71.3 Å². The summed E-state index contributed by atoms with van der Waals surface area (Å²) in [7, 11) is 0. The zero-order valence-corrected chi connectivity index (χ0v) is 15.4. The van der Waals surface area contributed by atoms with Crippen molar-refractivity contribution in [1.82, 2.24) is 5.32 Å². The molecule has 1 aliphatic heterocycles. The van der Waals surface area contributed by atoms with Crippen molar-refractivity contribution in [2.45, 2.75) is 25.6 Å². The van der Waals surface area contributed by atoms with Crippen LogP contribution < -0.4 is 10.1 Å². The fourth-order valence-electron chi connectivity index (χ4n) is 2.83. The van der Waals surface area contributed by atoms with Gasteiger partial charge in [0, 0.05) is 13.2 Å². The maximum atomic E-state index is 12.9. The van der Waals surface area contributed by atoms with Gasteiger partial charge in [-0.25, -0.2) is 4.39 Å². The van der Waals surface area contributed by atoms with Crippen molar-refractivity contribution in [2.75, 3.05) is 13.2 Å². The van der Waals surface area contributed by atoms with E-state index < -0.39 is 5.91 Å². The lowest BCUT2D eigenvalue weighted by Crippen LogP contribution is -2.32. The van der Waals surface area contributed by atoms with E-state index in [4.69, 9.17) is 9.47 Å². The van der Waals surface area contributed by atoms with Crippen LogP contribution in [-0.4, -0.2) is 25.2 Å². The summed E-state index contributed by atoms with van der Waals surface area (Å²) in [5.74, 6) is -0.0505. The monoisotopic (exact) mass is 380 g/mol. The quantitative estimate of drug-likeness (QED) is 0.588. The molecule has 1 saturated heterocycles. The molecule has 0 aromatic heterocycles. The summed E-state index contributed by atoms with van der Waals surface area (Å²) in [6, 6.07) is 15.1. The van der Waals surface area contributed by atoms with Crippen LogP contribution in [0.4, 0.5) is 4.39 Å². The molecule has 0 aliphatic carbocycles. The van der Waals surface area contributed by atoms with Crippen LogP contribution in [0.25, 0.3) is 6.08 Å². The van der Waals surface area contributed by atoms with Gasteiger partial charge >= 0.3 is 0 Å². The molecule has 28 heavy (non-hydrogen) atoms. The van der Waals surface area contributed by atoms with Crippen LogP contribution in [-0.2, 0) is 16.1 Å². The second kappa shape index (κ2) is 9.67. The number of nitriles is 1. The molecule has 1 atom stereocenters. The molecular formula is C22H21FN2O3. The highest BCUT2D eigenvalue weighted by molar-refractivity contribution is 6.01. The van der Waals surface area contributed by atoms with Crippen molar-refractivity contribution < 1.29 is 18.7 Å². The normalized spacial score (nSPS) is 16.4. The zero-order valence-electron chi connectivity index (χ0n) is 15.4. The Bertz CT molecular complexity index is 864. The standard InChI is InChI=1S/C22H21FN2O3/c23-19-7-3-17(4-8-19)15-28-20-9-5-16(6-10-20)12-18(13-24)22(26)25-14-21-2-1-11-27-21/h3-10,12,21H,1-2,11,14-15H2,(H,25,26)/b18-12+/t21-/m0/s1. The number of halogens is 1. The van der Waals surface area contributed by atoms with Crippen LogP contribution in [0.15, 0.2) is 54.1 Å². The van der Waals surface area contributed by atoms with Gasteiger partial charge in [-0.2, -0.15) is 5.26 Å². The van der Waals surface area contributed by atoms with Crippen LogP contribution in [0.5, 0.6) is 5.75 Å². The molecular weight excluding hydrogens is 359 g/mol. The Labute approximate surface area is 163 Å². The van der Waals surface area contributed by atoms with Gasteiger partial charge in [-0.15, -0.1) is 0 Å². The molecule has 3 rings (SSSR count). The number of ether oxygens (including phenoxy) is 2. The third kappa shape index (κ3) is 5.66. The van der Waals surface area contributed by atoms with E-state index in [2.05, 4.69) is 5.32 Å². The van der Waals surface area contributed by atoms with Crippen LogP contribution in [0.2, 0.25) is 0 Å². The number of carbonyl (C=O) groups is 1. The van der Waals surface area contributed by atoms with Gasteiger partial charge < -0.3 is 14.8 Å². The SMILES string of the molecule is N#C/C(=C\c1ccc(OCc2ccc(F)cc2)cc1)C(=O)NC[C@@H]1CCCO1. The van der Waals surface area contributed by atoms with Crippen molar-refractivity contribution in [1.29, 1.82) is 5.26 Å². The van der Waals surface area contributed by atoms with E-state index >= 15 is 0 Å². The number of rotatable bonds is 7. The number of nitrogens with one attached hydrogen (secondary N) is 1. The minimum absolute atomic E-state index is 0.0291. The summed E-state index contributed by atoms with van der Waals surface area (Å²) in [5, 5.41) is 12.0. The van der Waals surface area contributed by atoms with Crippen molar-refractivity contribution in [3.05, 3.63) is 71.0 Å².